The quantitative estimate of drug-likeness (QED) is 0.829. The van der Waals surface area contributed by atoms with Crippen molar-refractivity contribution in [1.29, 1.82) is 5.26 Å². The second kappa shape index (κ2) is 5.46. The first-order valence-electron chi connectivity index (χ1n) is 7.21. The summed E-state index contributed by atoms with van der Waals surface area (Å²) in [6.07, 6.45) is 7.56. The van der Waals surface area contributed by atoms with Crippen LogP contribution >= 0.6 is 0 Å². The maximum Gasteiger partial charge on any atom is 0.0668 e. The molecular formula is C16H19NOS. The smallest absolute Gasteiger partial charge is 0.0668 e. The zero-order valence-electron chi connectivity index (χ0n) is 11.1. The number of hydrogen-bond acceptors (Lipinski definition) is 2. The van der Waals surface area contributed by atoms with Crippen LogP contribution < -0.4 is 0 Å². The van der Waals surface area contributed by atoms with Crippen molar-refractivity contribution >= 4 is 10.8 Å². The van der Waals surface area contributed by atoms with Crippen LogP contribution in [0.3, 0.4) is 0 Å². The van der Waals surface area contributed by atoms with Crippen molar-refractivity contribution in [3.05, 3.63) is 29.3 Å². The molecule has 0 spiro atoms. The fraction of sp³-hybridized carbons (Fsp3) is 0.562. The highest BCUT2D eigenvalue weighted by molar-refractivity contribution is 7.85. The van der Waals surface area contributed by atoms with Gasteiger partial charge in [0.25, 0.3) is 0 Å². The van der Waals surface area contributed by atoms with Crippen molar-refractivity contribution in [3.63, 3.8) is 0 Å². The highest BCUT2D eigenvalue weighted by Crippen LogP contribution is 2.32. The Hall–Kier alpha value is -1.14. The van der Waals surface area contributed by atoms with Crippen molar-refractivity contribution in [2.75, 3.05) is 0 Å². The molecule has 3 rings (SSSR count). The van der Waals surface area contributed by atoms with Gasteiger partial charge in [-0.3, -0.25) is 4.21 Å². The molecule has 0 radical (unpaired) electrons. The molecule has 0 heterocycles. The Labute approximate surface area is 117 Å². The van der Waals surface area contributed by atoms with Crippen molar-refractivity contribution in [2.45, 2.75) is 55.1 Å². The summed E-state index contributed by atoms with van der Waals surface area (Å²) < 4.78 is 12.7. The van der Waals surface area contributed by atoms with E-state index in [0.29, 0.717) is 0 Å². The van der Waals surface area contributed by atoms with Gasteiger partial charge in [-0.1, -0.05) is 18.9 Å². The Balaban J connectivity index is 1.85. The molecule has 1 fully saturated rings. The lowest BCUT2D eigenvalue weighted by Crippen LogP contribution is -2.28. The third kappa shape index (κ3) is 2.47. The van der Waals surface area contributed by atoms with Crippen LogP contribution in [0.1, 0.15) is 43.2 Å². The molecule has 100 valence electrons. The monoisotopic (exact) mass is 273 g/mol. The van der Waals surface area contributed by atoms with Crippen molar-refractivity contribution in [1.82, 2.24) is 0 Å². The van der Waals surface area contributed by atoms with Crippen LogP contribution in [-0.2, 0) is 23.6 Å². The summed E-state index contributed by atoms with van der Waals surface area (Å²) in [6, 6.07) is 8.65. The number of fused-ring (bicyclic) bond motifs is 1. The Morgan fingerprint density at radius 3 is 2.74 bits per heavy atom. The average molecular weight is 273 g/mol. The van der Waals surface area contributed by atoms with Crippen molar-refractivity contribution in [3.8, 4) is 6.07 Å². The molecule has 2 nitrogen and oxygen atoms in total. The van der Waals surface area contributed by atoms with Gasteiger partial charge >= 0.3 is 0 Å². The van der Waals surface area contributed by atoms with Gasteiger partial charge in [0.05, 0.1) is 28.0 Å². The zero-order chi connectivity index (χ0) is 13.2. The molecule has 1 saturated carbocycles. The maximum atomic E-state index is 12.7. The lowest BCUT2D eigenvalue weighted by atomic mass is 9.90. The number of rotatable bonds is 2. The van der Waals surface area contributed by atoms with E-state index in [-0.39, 0.29) is 11.2 Å². The number of aryl methyl sites for hydroxylation is 2. The molecule has 0 saturated heterocycles. The second-order valence-electron chi connectivity index (χ2n) is 5.64. The van der Waals surface area contributed by atoms with Gasteiger partial charge in [0.1, 0.15) is 0 Å². The lowest BCUT2D eigenvalue weighted by Gasteiger charge is -2.26. The summed E-state index contributed by atoms with van der Waals surface area (Å²) in [6.45, 7) is 0. The van der Waals surface area contributed by atoms with Gasteiger partial charge in [0.2, 0.25) is 0 Å². The molecule has 0 N–H and O–H groups in total. The first kappa shape index (κ1) is 12.9. The first-order chi connectivity index (χ1) is 9.29. The Morgan fingerprint density at radius 2 is 1.89 bits per heavy atom. The van der Waals surface area contributed by atoms with E-state index in [9.17, 15) is 9.47 Å². The van der Waals surface area contributed by atoms with E-state index in [4.69, 9.17) is 0 Å². The van der Waals surface area contributed by atoms with Gasteiger partial charge in [-0.05, 0) is 55.4 Å². The molecule has 0 bridgehead atoms. The van der Waals surface area contributed by atoms with Crippen molar-refractivity contribution in [2.24, 2.45) is 5.92 Å². The van der Waals surface area contributed by atoms with E-state index in [1.54, 1.807) is 0 Å². The highest BCUT2D eigenvalue weighted by Gasteiger charge is 2.31. The molecular weight excluding hydrogens is 254 g/mol. The van der Waals surface area contributed by atoms with Gasteiger partial charge < -0.3 is 0 Å². The SMILES string of the molecule is N#CC1CCCCC1S(=O)c1ccc2c(c1)CCC2. The highest BCUT2D eigenvalue weighted by atomic mass is 32.2. The van der Waals surface area contributed by atoms with E-state index in [2.05, 4.69) is 18.2 Å². The van der Waals surface area contributed by atoms with Crippen LogP contribution in [0.5, 0.6) is 0 Å². The molecule has 2 aliphatic carbocycles. The minimum Gasteiger partial charge on any atom is -0.254 e. The molecule has 3 unspecified atom stereocenters. The Morgan fingerprint density at radius 1 is 1.11 bits per heavy atom. The number of nitriles is 1. The summed E-state index contributed by atoms with van der Waals surface area (Å²) in [5.74, 6) is -0.0252. The molecule has 3 heteroatoms. The fourth-order valence-corrected chi connectivity index (χ4v) is 5.04. The number of hydrogen-bond donors (Lipinski definition) is 0. The molecule has 19 heavy (non-hydrogen) atoms. The minimum absolute atomic E-state index is 0.0252. The van der Waals surface area contributed by atoms with Gasteiger partial charge in [-0.2, -0.15) is 5.26 Å². The molecule has 3 atom stereocenters. The van der Waals surface area contributed by atoms with Gasteiger partial charge in [-0.25, -0.2) is 0 Å². The summed E-state index contributed by atoms with van der Waals surface area (Å²) in [5, 5.41) is 9.27. The predicted molar refractivity (Wildman–Crippen MR) is 76.2 cm³/mol. The lowest BCUT2D eigenvalue weighted by molar-refractivity contribution is 0.431. The van der Waals surface area contributed by atoms with Gasteiger partial charge in [0, 0.05) is 4.90 Å². The second-order valence-corrected chi connectivity index (χ2v) is 7.31. The maximum absolute atomic E-state index is 12.7. The van der Waals surface area contributed by atoms with Crippen molar-refractivity contribution < 1.29 is 4.21 Å². The van der Waals surface area contributed by atoms with Gasteiger partial charge in [-0.15, -0.1) is 0 Å². The zero-order valence-corrected chi connectivity index (χ0v) is 11.9. The fourth-order valence-electron chi connectivity index (χ4n) is 3.35. The van der Waals surface area contributed by atoms with Crippen LogP contribution in [0.2, 0.25) is 0 Å². The van der Waals surface area contributed by atoms with Crippen LogP contribution in [0.4, 0.5) is 0 Å². The van der Waals surface area contributed by atoms with Gasteiger partial charge in [0.15, 0.2) is 0 Å². The van der Waals surface area contributed by atoms with Crippen LogP contribution in [-0.4, -0.2) is 9.46 Å². The molecule has 0 aliphatic heterocycles. The van der Waals surface area contributed by atoms with E-state index in [0.717, 1.165) is 43.4 Å². The van der Waals surface area contributed by atoms with E-state index in [1.807, 2.05) is 6.07 Å². The van der Waals surface area contributed by atoms with E-state index >= 15 is 0 Å². The average Bonchev–Trinajstić information content (AvgIpc) is 2.93. The van der Waals surface area contributed by atoms with E-state index in [1.165, 1.54) is 17.5 Å². The molecule has 2 aliphatic rings. The van der Waals surface area contributed by atoms with Crippen LogP contribution in [0, 0.1) is 17.2 Å². The standard InChI is InChI=1S/C16H19NOS/c17-11-14-4-1-2-7-16(14)19(18)15-9-8-12-5-3-6-13(12)10-15/h8-10,14,16H,1-7H2. The molecule has 1 aromatic rings. The summed E-state index contributed by atoms with van der Waals surface area (Å²) in [4.78, 5) is 0.938. The molecule has 0 amide bonds. The third-order valence-corrected chi connectivity index (χ3v) is 6.28. The number of nitrogens with zero attached hydrogens (tertiary/aromatic N) is 1. The third-order valence-electron chi connectivity index (χ3n) is 4.45. The van der Waals surface area contributed by atoms with E-state index < -0.39 is 10.8 Å². The Kier molecular flexibility index (Phi) is 3.70. The summed E-state index contributed by atoms with van der Waals surface area (Å²) in [5.41, 5.74) is 2.79. The predicted octanol–water partition coefficient (Wildman–Crippen LogP) is 3.37. The number of benzene rings is 1. The minimum atomic E-state index is -1.01. The topological polar surface area (TPSA) is 40.9 Å². The summed E-state index contributed by atoms with van der Waals surface area (Å²) in [7, 11) is -1.01. The molecule has 0 aromatic heterocycles. The Bertz CT molecular complexity index is 546. The van der Waals surface area contributed by atoms with Crippen LogP contribution in [0.15, 0.2) is 23.1 Å². The van der Waals surface area contributed by atoms with Crippen LogP contribution in [0.25, 0.3) is 0 Å². The largest absolute Gasteiger partial charge is 0.254 e. The first-order valence-corrected chi connectivity index (χ1v) is 8.43. The molecule has 1 aromatic carbocycles. The summed E-state index contributed by atoms with van der Waals surface area (Å²) >= 11 is 0. The normalized spacial score (nSPS) is 27.5.